The number of aromatic nitrogens is 2. The van der Waals surface area contributed by atoms with Gasteiger partial charge in [0.25, 0.3) is 0 Å². The maximum atomic E-state index is 9.84. The Labute approximate surface area is 128 Å². The lowest BCUT2D eigenvalue weighted by molar-refractivity contribution is 0.476. The number of aromatic hydroxyl groups is 1. The van der Waals surface area contributed by atoms with Gasteiger partial charge in [-0.3, -0.25) is 4.57 Å². The van der Waals surface area contributed by atoms with Crippen LogP contribution >= 0.6 is 0 Å². The molecule has 3 nitrogen and oxygen atoms in total. The summed E-state index contributed by atoms with van der Waals surface area (Å²) >= 11 is 0. The number of phenols is 1. The fourth-order valence-electron chi connectivity index (χ4n) is 2.68. The molecule has 0 unspecified atom stereocenters. The van der Waals surface area contributed by atoms with Crippen molar-refractivity contribution in [1.82, 2.24) is 9.55 Å². The molecule has 1 aromatic heterocycles. The van der Waals surface area contributed by atoms with E-state index in [0.29, 0.717) is 0 Å². The van der Waals surface area contributed by atoms with Gasteiger partial charge in [0, 0.05) is 17.3 Å². The van der Waals surface area contributed by atoms with Crippen molar-refractivity contribution in [3.8, 4) is 22.8 Å². The predicted octanol–water partition coefficient (Wildman–Crippen LogP) is 4.40. The average molecular weight is 286 g/mol. The van der Waals surface area contributed by atoms with Crippen molar-refractivity contribution >= 4 is 11.0 Å². The Bertz CT molecular complexity index is 928. The third-order valence-corrected chi connectivity index (χ3v) is 3.68. The van der Waals surface area contributed by atoms with Crippen LogP contribution in [0.2, 0.25) is 0 Å². The van der Waals surface area contributed by atoms with Gasteiger partial charge in [0.05, 0.1) is 11.0 Å². The molecule has 0 amide bonds. The lowest BCUT2D eigenvalue weighted by Gasteiger charge is -2.09. The minimum Gasteiger partial charge on any atom is -0.508 e. The number of benzene rings is 3. The van der Waals surface area contributed by atoms with Crippen LogP contribution in [0.25, 0.3) is 28.1 Å². The summed E-state index contributed by atoms with van der Waals surface area (Å²) in [7, 11) is 0. The lowest BCUT2D eigenvalue weighted by Crippen LogP contribution is -1.96. The van der Waals surface area contributed by atoms with E-state index in [9.17, 15) is 5.11 Å². The molecule has 1 heterocycles. The predicted molar refractivity (Wildman–Crippen MR) is 88.2 cm³/mol. The van der Waals surface area contributed by atoms with Gasteiger partial charge in [-0.2, -0.15) is 0 Å². The number of fused-ring (bicyclic) bond motifs is 1. The van der Waals surface area contributed by atoms with Crippen LogP contribution < -0.4 is 0 Å². The maximum absolute atomic E-state index is 9.84. The molecule has 0 fully saturated rings. The van der Waals surface area contributed by atoms with Crippen LogP contribution in [0.3, 0.4) is 0 Å². The number of hydrogen-bond acceptors (Lipinski definition) is 2. The van der Waals surface area contributed by atoms with E-state index < -0.39 is 0 Å². The minimum absolute atomic E-state index is 0.240. The number of nitrogens with zero attached hydrogens (tertiary/aromatic N) is 2. The fraction of sp³-hybridized carbons (Fsp3) is 0. The van der Waals surface area contributed by atoms with E-state index >= 15 is 0 Å². The van der Waals surface area contributed by atoms with Crippen LogP contribution in [0.1, 0.15) is 0 Å². The second-order valence-corrected chi connectivity index (χ2v) is 5.15. The SMILES string of the molecule is Oc1ccc2nc(-c3ccccc3)n(-c3ccccc3)c2c1. The van der Waals surface area contributed by atoms with Gasteiger partial charge in [0.2, 0.25) is 0 Å². The molecule has 106 valence electrons. The average Bonchev–Trinajstić information content (AvgIpc) is 2.95. The molecule has 0 aliphatic carbocycles. The molecule has 0 bridgehead atoms. The van der Waals surface area contributed by atoms with Gasteiger partial charge in [0.15, 0.2) is 0 Å². The quantitative estimate of drug-likeness (QED) is 0.593. The van der Waals surface area contributed by atoms with E-state index in [1.165, 1.54) is 0 Å². The molecular formula is C19H14N2O. The van der Waals surface area contributed by atoms with Crippen molar-refractivity contribution in [3.63, 3.8) is 0 Å². The van der Waals surface area contributed by atoms with Gasteiger partial charge in [-0.1, -0.05) is 48.5 Å². The zero-order valence-electron chi connectivity index (χ0n) is 11.8. The van der Waals surface area contributed by atoms with E-state index in [0.717, 1.165) is 28.1 Å². The van der Waals surface area contributed by atoms with Crippen LogP contribution in [0, 0.1) is 0 Å². The molecule has 0 atom stereocenters. The Morgan fingerprint density at radius 2 is 1.45 bits per heavy atom. The Morgan fingerprint density at radius 3 is 2.18 bits per heavy atom. The molecule has 0 spiro atoms. The van der Waals surface area contributed by atoms with Gasteiger partial charge in [-0.15, -0.1) is 0 Å². The number of phenolic OH excluding ortho intramolecular Hbond substituents is 1. The summed E-state index contributed by atoms with van der Waals surface area (Å²) in [4.78, 5) is 4.75. The smallest absolute Gasteiger partial charge is 0.145 e. The van der Waals surface area contributed by atoms with Crippen molar-refractivity contribution in [3.05, 3.63) is 78.9 Å². The summed E-state index contributed by atoms with van der Waals surface area (Å²) in [6.45, 7) is 0. The van der Waals surface area contributed by atoms with Gasteiger partial charge >= 0.3 is 0 Å². The van der Waals surface area contributed by atoms with E-state index in [4.69, 9.17) is 4.98 Å². The highest BCUT2D eigenvalue weighted by Gasteiger charge is 2.14. The summed E-state index contributed by atoms with van der Waals surface area (Å²) < 4.78 is 2.07. The van der Waals surface area contributed by atoms with Gasteiger partial charge in [-0.05, 0) is 24.3 Å². The van der Waals surface area contributed by atoms with Crippen LogP contribution in [0.15, 0.2) is 78.9 Å². The van der Waals surface area contributed by atoms with Gasteiger partial charge in [0.1, 0.15) is 11.6 Å². The summed E-state index contributed by atoms with van der Waals surface area (Å²) in [6.07, 6.45) is 0. The summed E-state index contributed by atoms with van der Waals surface area (Å²) in [6, 6.07) is 25.4. The molecule has 0 aliphatic heterocycles. The van der Waals surface area contributed by atoms with Crippen LogP contribution in [0.4, 0.5) is 0 Å². The Balaban J connectivity index is 2.08. The van der Waals surface area contributed by atoms with Crippen molar-refractivity contribution < 1.29 is 5.11 Å². The van der Waals surface area contributed by atoms with E-state index in [1.54, 1.807) is 12.1 Å². The minimum atomic E-state index is 0.240. The monoisotopic (exact) mass is 286 g/mol. The number of imidazole rings is 1. The second kappa shape index (κ2) is 5.04. The van der Waals surface area contributed by atoms with Crippen molar-refractivity contribution in [2.75, 3.05) is 0 Å². The molecule has 0 saturated heterocycles. The molecule has 0 aliphatic rings. The fourth-order valence-corrected chi connectivity index (χ4v) is 2.68. The molecule has 4 aromatic rings. The van der Waals surface area contributed by atoms with Crippen LogP contribution in [-0.2, 0) is 0 Å². The normalized spacial score (nSPS) is 10.9. The first-order chi connectivity index (χ1) is 10.8. The zero-order valence-corrected chi connectivity index (χ0v) is 11.8. The van der Waals surface area contributed by atoms with Gasteiger partial charge < -0.3 is 5.11 Å². The first kappa shape index (κ1) is 12.7. The number of para-hydroxylation sites is 1. The molecule has 0 radical (unpaired) electrons. The number of rotatable bonds is 2. The molecular weight excluding hydrogens is 272 g/mol. The topological polar surface area (TPSA) is 38.1 Å². The summed E-state index contributed by atoms with van der Waals surface area (Å²) in [5.74, 6) is 1.11. The highest BCUT2D eigenvalue weighted by atomic mass is 16.3. The van der Waals surface area contributed by atoms with Crippen LogP contribution in [-0.4, -0.2) is 14.7 Å². The first-order valence-corrected chi connectivity index (χ1v) is 7.15. The molecule has 0 saturated carbocycles. The van der Waals surface area contributed by atoms with E-state index in [1.807, 2.05) is 66.7 Å². The summed E-state index contributed by atoms with van der Waals surface area (Å²) in [5.41, 5.74) is 3.82. The van der Waals surface area contributed by atoms with Crippen LogP contribution in [0.5, 0.6) is 5.75 Å². The van der Waals surface area contributed by atoms with Crippen molar-refractivity contribution in [2.24, 2.45) is 0 Å². The zero-order chi connectivity index (χ0) is 14.9. The largest absolute Gasteiger partial charge is 0.508 e. The van der Waals surface area contributed by atoms with E-state index in [2.05, 4.69) is 4.57 Å². The molecule has 1 N–H and O–H groups in total. The maximum Gasteiger partial charge on any atom is 0.145 e. The molecule has 4 rings (SSSR count). The third-order valence-electron chi connectivity index (χ3n) is 3.68. The van der Waals surface area contributed by atoms with Crippen molar-refractivity contribution in [2.45, 2.75) is 0 Å². The second-order valence-electron chi connectivity index (χ2n) is 5.15. The Kier molecular flexibility index (Phi) is 2.90. The Morgan fingerprint density at radius 1 is 0.773 bits per heavy atom. The molecule has 22 heavy (non-hydrogen) atoms. The molecule has 3 aromatic carbocycles. The molecule has 3 heteroatoms. The Hall–Kier alpha value is -3.07. The standard InChI is InChI=1S/C19H14N2O/c22-16-11-12-17-18(13-16)21(15-9-5-2-6-10-15)19(20-17)14-7-3-1-4-8-14/h1-13,22H. The van der Waals surface area contributed by atoms with Gasteiger partial charge in [-0.25, -0.2) is 4.98 Å². The lowest BCUT2D eigenvalue weighted by atomic mass is 10.2. The summed E-state index contributed by atoms with van der Waals surface area (Å²) in [5, 5.41) is 9.84. The first-order valence-electron chi connectivity index (χ1n) is 7.15. The van der Waals surface area contributed by atoms with E-state index in [-0.39, 0.29) is 5.75 Å². The highest BCUT2D eigenvalue weighted by Crippen LogP contribution is 2.30. The highest BCUT2D eigenvalue weighted by molar-refractivity contribution is 5.84. The third kappa shape index (κ3) is 2.04. The number of hydrogen-bond donors (Lipinski definition) is 1. The van der Waals surface area contributed by atoms with Crippen molar-refractivity contribution in [1.29, 1.82) is 0 Å².